The van der Waals surface area contributed by atoms with Crippen molar-refractivity contribution in [3.8, 4) is 0 Å². The second-order valence-corrected chi connectivity index (χ2v) is 7.79. The molecule has 1 aromatic rings. The molecule has 1 atom stereocenters. The van der Waals surface area contributed by atoms with Gasteiger partial charge in [-0.25, -0.2) is 0 Å². The lowest BCUT2D eigenvalue weighted by atomic mass is 10.0. The lowest BCUT2D eigenvalue weighted by molar-refractivity contribution is -0.121. The highest BCUT2D eigenvalue weighted by Gasteiger charge is 2.25. The molecule has 26 heavy (non-hydrogen) atoms. The Bertz CT molecular complexity index is 640. The number of ether oxygens (including phenoxy) is 1. The molecule has 0 aliphatic carbocycles. The maximum absolute atomic E-state index is 12.3. The molecular weight excluding hydrogens is 374 g/mol. The van der Waals surface area contributed by atoms with Crippen LogP contribution < -0.4 is 5.32 Å². The van der Waals surface area contributed by atoms with E-state index in [0.717, 1.165) is 31.0 Å². The van der Waals surface area contributed by atoms with Crippen LogP contribution in [0.2, 0.25) is 5.02 Å². The average molecular weight is 398 g/mol. The van der Waals surface area contributed by atoms with Gasteiger partial charge in [-0.1, -0.05) is 41.6 Å². The third kappa shape index (κ3) is 5.13. The molecule has 2 fully saturated rings. The van der Waals surface area contributed by atoms with Crippen molar-refractivity contribution in [3.63, 3.8) is 0 Å². The molecule has 6 nitrogen and oxygen atoms in total. The molecule has 0 spiro atoms. The Morgan fingerprint density at radius 3 is 2.73 bits per heavy atom. The first-order valence-corrected chi connectivity index (χ1v) is 10.3. The van der Waals surface area contributed by atoms with Crippen molar-refractivity contribution in [3.05, 3.63) is 34.9 Å². The fraction of sp³-hybridized carbons (Fsp3) is 0.556. The maximum Gasteiger partial charge on any atom is 0.281 e. The number of thioether (sulfide) groups is 1. The zero-order chi connectivity index (χ0) is 18.4. The van der Waals surface area contributed by atoms with Gasteiger partial charge in [0.2, 0.25) is 5.91 Å². The van der Waals surface area contributed by atoms with Crippen LogP contribution >= 0.6 is 23.4 Å². The summed E-state index contributed by atoms with van der Waals surface area (Å²) in [5.74, 6) is 0.770. The normalized spacial score (nSPS) is 19.6. The largest absolute Gasteiger partial charge is 0.379 e. The minimum atomic E-state index is -0.0417. The second-order valence-electron chi connectivity index (χ2n) is 6.34. The Morgan fingerprint density at radius 2 is 2.04 bits per heavy atom. The number of carbonyl (C=O) groups excluding carboxylic acids is 2. The van der Waals surface area contributed by atoms with Gasteiger partial charge in [0.15, 0.2) is 0 Å². The van der Waals surface area contributed by atoms with Crippen LogP contribution in [0.25, 0.3) is 0 Å². The van der Waals surface area contributed by atoms with Crippen molar-refractivity contribution in [2.75, 3.05) is 51.7 Å². The number of hydrogen-bond donors (Lipinski definition) is 1. The van der Waals surface area contributed by atoms with E-state index in [1.54, 1.807) is 4.90 Å². The summed E-state index contributed by atoms with van der Waals surface area (Å²) in [7, 11) is 0. The summed E-state index contributed by atoms with van der Waals surface area (Å²) in [6, 6.07) is 7.77. The lowest BCUT2D eigenvalue weighted by Gasteiger charge is -2.35. The van der Waals surface area contributed by atoms with Crippen LogP contribution in [0.5, 0.6) is 0 Å². The summed E-state index contributed by atoms with van der Waals surface area (Å²) >= 11 is 7.71. The third-order valence-electron chi connectivity index (χ3n) is 4.70. The molecule has 3 rings (SSSR count). The number of amides is 2. The standard InChI is InChI=1S/C18H24ClN3O3S/c19-15-4-2-1-3-14(15)16(21-7-10-25-11-8-21)13-20-17(23)5-6-22-9-12-26-18(22)24/h1-4,16H,5-13H2,(H,20,23). The van der Waals surface area contributed by atoms with Gasteiger partial charge in [-0.3, -0.25) is 14.5 Å². The topological polar surface area (TPSA) is 61.9 Å². The predicted octanol–water partition coefficient (Wildman–Crippen LogP) is 2.39. The highest BCUT2D eigenvalue weighted by Crippen LogP contribution is 2.27. The molecular formula is C18H24ClN3O3S. The molecule has 142 valence electrons. The molecule has 2 aliphatic heterocycles. The molecule has 1 N–H and O–H groups in total. The van der Waals surface area contributed by atoms with Gasteiger partial charge >= 0.3 is 0 Å². The number of hydrogen-bond acceptors (Lipinski definition) is 5. The van der Waals surface area contributed by atoms with Gasteiger partial charge in [-0.2, -0.15) is 0 Å². The van der Waals surface area contributed by atoms with Crippen molar-refractivity contribution in [1.29, 1.82) is 0 Å². The number of benzene rings is 1. The predicted molar refractivity (Wildman–Crippen MR) is 104 cm³/mol. The SMILES string of the molecule is O=C(CCN1CCSC1=O)NCC(c1ccccc1Cl)N1CCOCC1. The smallest absolute Gasteiger partial charge is 0.281 e. The van der Waals surface area contributed by atoms with Crippen LogP contribution in [0.4, 0.5) is 4.79 Å². The summed E-state index contributed by atoms with van der Waals surface area (Å²) in [6.45, 7) is 4.69. The van der Waals surface area contributed by atoms with E-state index in [-0.39, 0.29) is 17.2 Å². The number of nitrogens with zero attached hydrogens (tertiary/aromatic N) is 2. The Hall–Kier alpha value is -1.28. The third-order valence-corrected chi connectivity index (χ3v) is 5.93. The van der Waals surface area contributed by atoms with Gasteiger partial charge in [0.1, 0.15) is 0 Å². The van der Waals surface area contributed by atoms with E-state index in [1.807, 2.05) is 24.3 Å². The minimum Gasteiger partial charge on any atom is -0.379 e. The van der Waals surface area contributed by atoms with E-state index in [1.165, 1.54) is 11.8 Å². The van der Waals surface area contributed by atoms with Gasteiger partial charge in [0.25, 0.3) is 5.24 Å². The van der Waals surface area contributed by atoms with Crippen molar-refractivity contribution < 1.29 is 14.3 Å². The molecule has 0 aromatic heterocycles. The molecule has 0 bridgehead atoms. The quantitative estimate of drug-likeness (QED) is 0.765. The van der Waals surface area contributed by atoms with Gasteiger partial charge in [-0.05, 0) is 11.6 Å². The Balaban J connectivity index is 1.57. The molecule has 2 amide bonds. The first-order valence-electron chi connectivity index (χ1n) is 8.90. The molecule has 2 saturated heterocycles. The van der Waals surface area contributed by atoms with E-state index in [0.29, 0.717) is 37.7 Å². The Kier molecular flexibility index (Phi) is 7.19. The molecule has 8 heteroatoms. The fourth-order valence-corrected chi connectivity index (χ4v) is 4.35. The maximum atomic E-state index is 12.3. The first-order chi connectivity index (χ1) is 12.6. The molecule has 1 aromatic carbocycles. The van der Waals surface area contributed by atoms with Crippen LogP contribution in [0, 0.1) is 0 Å². The Labute approximate surface area is 163 Å². The second kappa shape index (κ2) is 9.60. The zero-order valence-corrected chi connectivity index (χ0v) is 16.2. The van der Waals surface area contributed by atoms with Crippen LogP contribution in [-0.4, -0.2) is 72.6 Å². The zero-order valence-electron chi connectivity index (χ0n) is 14.7. The number of morpholine rings is 1. The minimum absolute atomic E-state index is 0.0144. The van der Waals surface area contributed by atoms with Crippen LogP contribution in [0.3, 0.4) is 0 Å². The Morgan fingerprint density at radius 1 is 1.27 bits per heavy atom. The summed E-state index contributed by atoms with van der Waals surface area (Å²) in [6.07, 6.45) is 0.324. The molecule has 2 aliphatic rings. The summed E-state index contributed by atoms with van der Waals surface area (Å²) < 4.78 is 5.45. The molecule has 0 saturated carbocycles. The van der Waals surface area contributed by atoms with Gasteiger partial charge in [-0.15, -0.1) is 0 Å². The summed E-state index contributed by atoms with van der Waals surface area (Å²) in [5, 5.41) is 3.80. The summed E-state index contributed by atoms with van der Waals surface area (Å²) in [5.41, 5.74) is 1.02. The van der Waals surface area contributed by atoms with Crippen LogP contribution in [0.1, 0.15) is 18.0 Å². The van der Waals surface area contributed by atoms with Crippen molar-refractivity contribution >= 4 is 34.5 Å². The van der Waals surface area contributed by atoms with Crippen molar-refractivity contribution in [2.24, 2.45) is 0 Å². The van der Waals surface area contributed by atoms with Crippen molar-refractivity contribution in [1.82, 2.24) is 15.1 Å². The van der Waals surface area contributed by atoms with E-state index >= 15 is 0 Å². The fourth-order valence-electron chi connectivity index (χ4n) is 3.23. The van der Waals surface area contributed by atoms with Crippen molar-refractivity contribution in [2.45, 2.75) is 12.5 Å². The molecule has 1 unspecified atom stereocenters. The monoisotopic (exact) mass is 397 g/mol. The summed E-state index contributed by atoms with van der Waals surface area (Å²) in [4.78, 5) is 27.9. The average Bonchev–Trinajstić information content (AvgIpc) is 3.07. The van der Waals surface area contributed by atoms with E-state index in [4.69, 9.17) is 16.3 Å². The molecule has 0 radical (unpaired) electrons. The number of rotatable bonds is 7. The van der Waals surface area contributed by atoms with Crippen LogP contribution in [0.15, 0.2) is 24.3 Å². The van der Waals surface area contributed by atoms with Crippen LogP contribution in [-0.2, 0) is 9.53 Å². The molecule has 2 heterocycles. The van der Waals surface area contributed by atoms with Gasteiger partial charge in [0, 0.05) is 49.9 Å². The number of carbonyl (C=O) groups is 2. The number of nitrogens with one attached hydrogen (secondary N) is 1. The van der Waals surface area contributed by atoms with Gasteiger partial charge in [0.05, 0.1) is 19.3 Å². The van der Waals surface area contributed by atoms with E-state index in [2.05, 4.69) is 10.2 Å². The highest BCUT2D eigenvalue weighted by molar-refractivity contribution is 8.13. The van der Waals surface area contributed by atoms with E-state index in [9.17, 15) is 9.59 Å². The highest BCUT2D eigenvalue weighted by atomic mass is 35.5. The van der Waals surface area contributed by atoms with E-state index < -0.39 is 0 Å². The first kappa shape index (κ1) is 19.5. The lowest BCUT2D eigenvalue weighted by Crippen LogP contribution is -2.44. The number of halogens is 1. The van der Waals surface area contributed by atoms with Gasteiger partial charge < -0.3 is 15.0 Å².